The summed E-state index contributed by atoms with van der Waals surface area (Å²) in [6, 6.07) is 69.3. The van der Waals surface area contributed by atoms with Crippen LogP contribution < -0.4 is 4.90 Å². The highest BCUT2D eigenvalue weighted by atomic mass is 32.1. The Labute approximate surface area is 577 Å². The van der Waals surface area contributed by atoms with Crippen LogP contribution in [-0.4, -0.2) is 44.0 Å². The fourth-order valence-corrected chi connectivity index (χ4v) is 16.4. The summed E-state index contributed by atoms with van der Waals surface area (Å²) < 4.78 is 7.26. The zero-order chi connectivity index (χ0) is 67.6. The number of fused-ring (bicyclic) bond motifs is 8. The SMILES string of the molecule is CC(C)(C)c1ccc(-n2c3ccccc3c3cc(C=C4C(=O)c5cc6ccccc6cc5C4=O)ccc32)cc1.[C-]#[N+]C1=C(C)/C(=C\c2cc3c(s2)c2sc(-c4ccc(N(c5ccccc5)c5ccccc5)cc4)cc2n3CC(CC)CCCC)C(=O)N(CC(CC)CCCC)C1=O. The summed E-state index contributed by atoms with van der Waals surface area (Å²) in [7, 11) is 0. The maximum atomic E-state index is 14.1. The number of unbranched alkanes of at least 4 members (excludes halogenated alkanes) is 2. The first kappa shape index (κ1) is 65.7. The third kappa shape index (κ3) is 12.9. The number of benzene rings is 8. The number of aromatic nitrogens is 2. The third-order valence-corrected chi connectivity index (χ3v) is 22.0. The van der Waals surface area contributed by atoms with Crippen molar-refractivity contribution in [1.29, 1.82) is 0 Å². The minimum Gasteiger partial charge on any atom is -0.339 e. The molecule has 0 saturated heterocycles. The van der Waals surface area contributed by atoms with Crippen molar-refractivity contribution in [3.8, 4) is 16.1 Å². The van der Waals surface area contributed by atoms with Gasteiger partial charge in [0.1, 0.15) is 0 Å². The van der Waals surface area contributed by atoms with Crippen molar-refractivity contribution in [3.63, 3.8) is 0 Å². The third-order valence-electron chi connectivity index (χ3n) is 19.6. The number of Topliss-reactive ketones (excluding diaryl/α,β-unsaturated/α-hetero) is 2. The monoisotopic (exact) mass is 1310 g/mol. The second kappa shape index (κ2) is 28.0. The first-order chi connectivity index (χ1) is 47.1. The summed E-state index contributed by atoms with van der Waals surface area (Å²) in [6.45, 7) is 26.4. The Hall–Kier alpha value is -9.99. The number of anilines is 3. The lowest BCUT2D eigenvalue weighted by Crippen LogP contribution is -2.44. The van der Waals surface area contributed by atoms with E-state index in [-0.39, 0.29) is 40.1 Å². The highest BCUT2D eigenvalue weighted by Crippen LogP contribution is 2.46. The Morgan fingerprint density at radius 3 is 1.69 bits per heavy atom. The molecule has 2 aliphatic rings. The van der Waals surface area contributed by atoms with E-state index in [1.807, 2.05) is 78.1 Å². The van der Waals surface area contributed by atoms with Gasteiger partial charge in [-0.25, -0.2) is 4.85 Å². The molecule has 0 bridgehead atoms. The number of thiophene rings is 2. The molecule has 2 unspecified atom stereocenters. The largest absolute Gasteiger partial charge is 0.339 e. The first-order valence-electron chi connectivity index (χ1n) is 34.3. The molecular formula is C86H81N5O4S2. The number of amides is 2. The average Bonchev–Trinajstić information content (AvgIpc) is 1.61. The Kier molecular flexibility index (Phi) is 18.9. The Morgan fingerprint density at radius 1 is 0.536 bits per heavy atom. The van der Waals surface area contributed by atoms with E-state index in [2.05, 4.69) is 207 Å². The molecule has 9 nitrogen and oxygen atoms in total. The molecule has 1 aliphatic heterocycles. The van der Waals surface area contributed by atoms with Crippen LogP contribution in [0, 0.1) is 18.4 Å². The van der Waals surface area contributed by atoms with Crippen molar-refractivity contribution in [2.45, 2.75) is 119 Å². The number of carbonyl (C=O) groups is 4. The number of rotatable bonds is 19. The van der Waals surface area contributed by atoms with Crippen LogP contribution in [0.3, 0.4) is 0 Å². The lowest BCUT2D eigenvalue weighted by atomic mass is 9.87. The highest BCUT2D eigenvalue weighted by molar-refractivity contribution is 7.29. The molecule has 486 valence electrons. The van der Waals surface area contributed by atoms with Gasteiger partial charge in [-0.3, -0.25) is 24.1 Å². The zero-order valence-corrected chi connectivity index (χ0v) is 58.3. The van der Waals surface area contributed by atoms with Crippen LogP contribution in [0.4, 0.5) is 17.1 Å². The minimum atomic E-state index is -0.459. The fraction of sp³-hybridized carbons (Fsp3) is 0.244. The van der Waals surface area contributed by atoms with Crippen LogP contribution in [-0.2, 0) is 21.5 Å². The molecule has 0 spiro atoms. The van der Waals surface area contributed by atoms with Gasteiger partial charge in [0.25, 0.3) is 17.5 Å². The second-order valence-electron chi connectivity index (χ2n) is 26.9. The molecule has 0 fully saturated rings. The fourth-order valence-electron chi connectivity index (χ4n) is 14.0. The van der Waals surface area contributed by atoms with Gasteiger partial charge in [-0.1, -0.05) is 196 Å². The van der Waals surface area contributed by atoms with Gasteiger partial charge in [-0.2, -0.15) is 0 Å². The van der Waals surface area contributed by atoms with Gasteiger partial charge >= 0.3 is 0 Å². The number of allylic oxidation sites excluding steroid dienone is 1. The van der Waals surface area contributed by atoms with Crippen molar-refractivity contribution in [1.82, 2.24) is 14.0 Å². The van der Waals surface area contributed by atoms with E-state index in [1.165, 1.54) is 60.6 Å². The standard InChI is InChI=1S/C50H54N4O2S2.C36H27NO2/c1-7-11-19-35(9-3)32-52-43-30-41(29-42-34(5)46(51-6)50(56)53(49(42)55)33-36(10-4)20-12-8-2)57-47(43)48-44(52)31-45(58-48)37-25-27-40(28-26-37)54(38-21-15-13-16-22-38)39-23-17-14-18-24-39;1-36(2,3)25-13-15-26(16-14-25)37-32-11-7-6-10-27(32)28-18-22(12-17-33(28)37)19-31-34(38)29-20-23-8-4-5-9-24(23)21-30(29)35(31)39/h13-18,21-31,35-36H,7-12,19-20,32-33H2,1-5H3;4-21H,1-3H3/b42-29+;. The van der Waals surface area contributed by atoms with Crippen LogP contribution in [0.2, 0.25) is 0 Å². The lowest BCUT2D eigenvalue weighted by Gasteiger charge is -2.30. The van der Waals surface area contributed by atoms with Crippen LogP contribution in [0.25, 0.3) is 86.1 Å². The van der Waals surface area contributed by atoms with Crippen LogP contribution in [0.5, 0.6) is 0 Å². The molecule has 2 atom stereocenters. The van der Waals surface area contributed by atoms with E-state index >= 15 is 0 Å². The number of hydrogen-bond donors (Lipinski definition) is 0. The maximum Gasteiger partial charge on any atom is 0.260 e. The summed E-state index contributed by atoms with van der Waals surface area (Å²) in [4.78, 5) is 63.8. The number of carbonyl (C=O) groups excluding carboxylic acids is 4. The van der Waals surface area contributed by atoms with E-state index in [0.29, 0.717) is 34.7 Å². The van der Waals surface area contributed by atoms with Crippen molar-refractivity contribution < 1.29 is 19.2 Å². The number of imide groups is 1. The molecule has 0 N–H and O–H groups in total. The van der Waals surface area contributed by atoms with Crippen LogP contribution >= 0.6 is 22.7 Å². The van der Waals surface area contributed by atoms with E-state index in [4.69, 9.17) is 6.57 Å². The summed E-state index contributed by atoms with van der Waals surface area (Å²) >= 11 is 3.53. The molecule has 8 aromatic carbocycles. The van der Waals surface area contributed by atoms with Gasteiger partial charge in [0, 0.05) is 73.1 Å². The van der Waals surface area contributed by atoms with Gasteiger partial charge in [-0.05, 0) is 173 Å². The van der Waals surface area contributed by atoms with Gasteiger partial charge in [0.05, 0.1) is 43.6 Å². The molecule has 11 heteroatoms. The average molecular weight is 1310 g/mol. The summed E-state index contributed by atoms with van der Waals surface area (Å²) in [5.74, 6) is -0.396. The Balaban J connectivity index is 0.000000188. The van der Waals surface area contributed by atoms with Crippen molar-refractivity contribution in [2.24, 2.45) is 11.8 Å². The molecule has 0 radical (unpaired) electrons. The molecule has 5 heterocycles. The number of hydrogen-bond acceptors (Lipinski definition) is 7. The predicted molar refractivity (Wildman–Crippen MR) is 406 cm³/mol. The van der Waals surface area contributed by atoms with E-state index in [9.17, 15) is 19.2 Å². The zero-order valence-electron chi connectivity index (χ0n) is 56.6. The van der Waals surface area contributed by atoms with E-state index in [1.54, 1.807) is 24.3 Å². The molecule has 14 rings (SSSR count). The second-order valence-corrected chi connectivity index (χ2v) is 29.1. The van der Waals surface area contributed by atoms with Crippen LogP contribution in [0.1, 0.15) is 143 Å². The Bertz CT molecular complexity index is 5040. The van der Waals surface area contributed by atoms with Gasteiger partial charge in [-0.15, -0.1) is 22.7 Å². The van der Waals surface area contributed by atoms with Crippen molar-refractivity contribution in [3.05, 3.63) is 261 Å². The normalized spacial score (nSPS) is 14.5. The van der Waals surface area contributed by atoms with Gasteiger partial charge in [0.2, 0.25) is 0 Å². The molecule has 0 saturated carbocycles. The number of ketones is 2. The Morgan fingerprint density at radius 2 is 1.09 bits per heavy atom. The molecular weight excluding hydrogens is 1230 g/mol. The molecule has 97 heavy (non-hydrogen) atoms. The predicted octanol–water partition coefficient (Wildman–Crippen LogP) is 23.1. The first-order valence-corrected chi connectivity index (χ1v) is 35.9. The smallest absolute Gasteiger partial charge is 0.260 e. The highest BCUT2D eigenvalue weighted by Gasteiger charge is 2.37. The van der Waals surface area contributed by atoms with Crippen LogP contribution in [0.15, 0.2) is 223 Å². The maximum absolute atomic E-state index is 14.1. The number of para-hydroxylation sites is 3. The summed E-state index contributed by atoms with van der Waals surface area (Å²) in [6.07, 6.45) is 12.3. The van der Waals surface area contributed by atoms with Gasteiger partial charge < -0.3 is 14.0 Å². The van der Waals surface area contributed by atoms with Crippen molar-refractivity contribution in [2.75, 3.05) is 11.4 Å². The van der Waals surface area contributed by atoms with Gasteiger partial charge in [0.15, 0.2) is 11.6 Å². The summed E-state index contributed by atoms with van der Waals surface area (Å²) in [5, 5.41) is 4.14. The summed E-state index contributed by atoms with van der Waals surface area (Å²) in [5.41, 5.74) is 14.6. The molecule has 2 amide bonds. The quantitative estimate of drug-likeness (QED) is 0.0348. The molecule has 4 aromatic heterocycles. The molecule has 12 aromatic rings. The van der Waals surface area contributed by atoms with Crippen molar-refractivity contribution >= 4 is 128 Å². The van der Waals surface area contributed by atoms with E-state index in [0.717, 1.165) is 104 Å². The number of nitrogens with zero attached hydrogens (tertiary/aromatic N) is 5. The lowest BCUT2D eigenvalue weighted by molar-refractivity contribution is -0.141. The molecule has 1 aliphatic carbocycles. The van der Waals surface area contributed by atoms with E-state index < -0.39 is 5.91 Å². The topological polar surface area (TPSA) is 89.0 Å². The minimum absolute atomic E-state index is 0.0514.